The highest BCUT2D eigenvalue weighted by atomic mass is 16.3. The molecule has 2 N–H and O–H groups in total. The lowest BCUT2D eigenvalue weighted by Crippen LogP contribution is -2.64. The number of furan rings is 1. The fourth-order valence-electron chi connectivity index (χ4n) is 8.09. The Balaban J connectivity index is 1.63. The lowest BCUT2D eigenvalue weighted by atomic mass is 9.41. The minimum atomic E-state index is -0.747. The van der Waals surface area contributed by atoms with E-state index in [0.29, 0.717) is 17.3 Å². The number of hydrogen-bond acceptors (Lipinski definition) is 3. The Bertz CT molecular complexity index is 669. The van der Waals surface area contributed by atoms with Crippen molar-refractivity contribution in [2.45, 2.75) is 89.3 Å². The van der Waals surface area contributed by atoms with E-state index in [4.69, 9.17) is 4.42 Å². The molecule has 4 aliphatic rings. The number of aliphatic hydroxyl groups excluding tert-OH is 1. The van der Waals surface area contributed by atoms with Gasteiger partial charge < -0.3 is 14.6 Å². The Hall–Kier alpha value is -0.800. The van der Waals surface area contributed by atoms with Crippen molar-refractivity contribution in [2.75, 3.05) is 0 Å². The molecular weight excluding hydrogens is 324 g/mol. The van der Waals surface area contributed by atoms with Crippen LogP contribution in [-0.4, -0.2) is 21.9 Å². The third-order valence-corrected chi connectivity index (χ3v) is 9.72. The molecule has 0 unspecified atom stereocenters. The molecule has 144 valence electrons. The zero-order valence-electron chi connectivity index (χ0n) is 16.3. The fraction of sp³-hybridized carbons (Fsp3) is 0.826. The maximum atomic E-state index is 12.1. The third-order valence-electron chi connectivity index (χ3n) is 9.72. The molecule has 3 heteroatoms. The molecule has 3 nitrogen and oxygen atoms in total. The highest BCUT2D eigenvalue weighted by Gasteiger charge is 2.69. The first kappa shape index (κ1) is 17.3. The Morgan fingerprint density at radius 1 is 1.08 bits per heavy atom. The lowest BCUT2D eigenvalue weighted by Gasteiger charge is -2.65. The summed E-state index contributed by atoms with van der Waals surface area (Å²) in [6, 6.07) is 2.12. The molecular formula is C23H34O3. The first-order valence-electron chi connectivity index (χ1n) is 10.8. The molecule has 8 atom stereocenters. The second-order valence-corrected chi connectivity index (χ2v) is 10.4. The maximum absolute atomic E-state index is 12.1. The van der Waals surface area contributed by atoms with Crippen LogP contribution in [0.5, 0.6) is 0 Å². The lowest BCUT2D eigenvalue weighted by molar-refractivity contribution is -0.219. The Kier molecular flexibility index (Phi) is 3.73. The van der Waals surface area contributed by atoms with Gasteiger partial charge in [-0.05, 0) is 85.7 Å². The van der Waals surface area contributed by atoms with Gasteiger partial charge in [-0.15, -0.1) is 0 Å². The van der Waals surface area contributed by atoms with Gasteiger partial charge in [0.1, 0.15) is 0 Å². The topological polar surface area (TPSA) is 53.6 Å². The van der Waals surface area contributed by atoms with Crippen LogP contribution in [0.2, 0.25) is 0 Å². The van der Waals surface area contributed by atoms with Crippen molar-refractivity contribution in [3.05, 3.63) is 24.2 Å². The second-order valence-electron chi connectivity index (χ2n) is 10.4. The van der Waals surface area contributed by atoms with E-state index in [0.717, 1.165) is 31.6 Å². The zero-order chi connectivity index (χ0) is 18.2. The first-order valence-corrected chi connectivity index (χ1v) is 10.8. The van der Waals surface area contributed by atoms with Gasteiger partial charge >= 0.3 is 0 Å². The molecule has 4 fully saturated rings. The predicted octanol–water partition coefficient (Wildman–Crippen LogP) is 4.88. The number of fused-ring (bicyclic) bond motifs is 5. The summed E-state index contributed by atoms with van der Waals surface area (Å²) < 4.78 is 5.47. The van der Waals surface area contributed by atoms with Crippen molar-refractivity contribution in [2.24, 2.45) is 28.6 Å². The van der Waals surface area contributed by atoms with Crippen LogP contribution < -0.4 is 0 Å². The molecule has 0 amide bonds. The summed E-state index contributed by atoms with van der Waals surface area (Å²) in [7, 11) is 0. The van der Waals surface area contributed by atoms with Crippen LogP contribution in [-0.2, 0) is 0 Å². The van der Waals surface area contributed by atoms with Crippen LogP contribution in [0, 0.1) is 28.6 Å². The molecule has 1 aromatic rings. The average Bonchev–Trinajstić information content (AvgIpc) is 3.23. The van der Waals surface area contributed by atoms with Crippen LogP contribution in [0.4, 0.5) is 0 Å². The molecule has 4 aliphatic carbocycles. The van der Waals surface area contributed by atoms with E-state index < -0.39 is 5.60 Å². The molecule has 5 rings (SSSR count). The molecule has 0 saturated heterocycles. The first-order chi connectivity index (χ1) is 12.4. The largest absolute Gasteiger partial charge is 0.472 e. The van der Waals surface area contributed by atoms with Gasteiger partial charge in [0.05, 0.1) is 24.2 Å². The minimum Gasteiger partial charge on any atom is -0.472 e. The molecule has 0 spiro atoms. The van der Waals surface area contributed by atoms with Gasteiger partial charge in [0, 0.05) is 5.41 Å². The quantitative estimate of drug-likeness (QED) is 0.752. The van der Waals surface area contributed by atoms with Gasteiger partial charge in [0.2, 0.25) is 0 Å². The Morgan fingerprint density at radius 3 is 2.69 bits per heavy atom. The van der Waals surface area contributed by atoms with Gasteiger partial charge in [-0.1, -0.05) is 26.7 Å². The highest BCUT2D eigenvalue weighted by molar-refractivity contribution is 5.26. The van der Waals surface area contributed by atoms with E-state index in [2.05, 4.69) is 19.9 Å². The smallest absolute Gasteiger partial charge is 0.0937 e. The monoisotopic (exact) mass is 358 g/mol. The van der Waals surface area contributed by atoms with E-state index >= 15 is 0 Å². The van der Waals surface area contributed by atoms with E-state index in [-0.39, 0.29) is 17.4 Å². The average molecular weight is 359 g/mol. The van der Waals surface area contributed by atoms with Gasteiger partial charge in [-0.25, -0.2) is 0 Å². The van der Waals surface area contributed by atoms with Crippen LogP contribution in [0.3, 0.4) is 0 Å². The summed E-state index contributed by atoms with van der Waals surface area (Å²) in [5.41, 5.74) is 0.525. The Morgan fingerprint density at radius 2 is 1.92 bits per heavy atom. The van der Waals surface area contributed by atoms with Crippen molar-refractivity contribution in [3.8, 4) is 0 Å². The van der Waals surface area contributed by atoms with Crippen molar-refractivity contribution < 1.29 is 14.6 Å². The summed E-state index contributed by atoms with van der Waals surface area (Å²) in [5, 5.41) is 22.9. The number of aliphatic hydroxyl groups is 2. The van der Waals surface area contributed by atoms with Crippen molar-refractivity contribution in [1.29, 1.82) is 0 Å². The number of hydrogen-bond donors (Lipinski definition) is 2. The van der Waals surface area contributed by atoms with Crippen LogP contribution >= 0.6 is 0 Å². The van der Waals surface area contributed by atoms with Crippen molar-refractivity contribution >= 4 is 0 Å². The predicted molar refractivity (Wildman–Crippen MR) is 101 cm³/mol. The fourth-order valence-corrected chi connectivity index (χ4v) is 8.09. The van der Waals surface area contributed by atoms with Crippen LogP contribution in [0.1, 0.15) is 83.1 Å². The van der Waals surface area contributed by atoms with Gasteiger partial charge in [-0.2, -0.15) is 0 Å². The van der Waals surface area contributed by atoms with E-state index in [1.54, 1.807) is 6.26 Å². The summed E-state index contributed by atoms with van der Waals surface area (Å²) in [6.45, 7) is 4.68. The summed E-state index contributed by atoms with van der Waals surface area (Å²) in [5.74, 6) is 1.93. The molecule has 1 aromatic heterocycles. The summed E-state index contributed by atoms with van der Waals surface area (Å²) >= 11 is 0. The molecule has 26 heavy (non-hydrogen) atoms. The molecule has 0 radical (unpaired) electrons. The van der Waals surface area contributed by atoms with E-state index in [1.165, 1.54) is 37.7 Å². The highest BCUT2D eigenvalue weighted by Crippen LogP contribution is 2.70. The third kappa shape index (κ3) is 2.02. The van der Waals surface area contributed by atoms with Gasteiger partial charge in [0.25, 0.3) is 0 Å². The van der Waals surface area contributed by atoms with Gasteiger partial charge in [0.15, 0.2) is 0 Å². The van der Waals surface area contributed by atoms with E-state index in [9.17, 15) is 10.2 Å². The van der Waals surface area contributed by atoms with E-state index in [1.807, 2.05) is 6.26 Å². The molecule has 0 aromatic carbocycles. The Labute approximate surface area is 157 Å². The molecule has 0 bridgehead atoms. The summed E-state index contributed by atoms with van der Waals surface area (Å²) in [6.07, 6.45) is 13.5. The number of rotatable bonds is 1. The normalized spacial score (nSPS) is 53.6. The minimum absolute atomic E-state index is 0.246. The molecule has 0 aliphatic heterocycles. The van der Waals surface area contributed by atoms with Crippen LogP contribution in [0.15, 0.2) is 23.0 Å². The zero-order valence-corrected chi connectivity index (χ0v) is 16.3. The van der Waals surface area contributed by atoms with Gasteiger partial charge in [-0.3, -0.25) is 0 Å². The summed E-state index contributed by atoms with van der Waals surface area (Å²) in [4.78, 5) is 0. The maximum Gasteiger partial charge on any atom is 0.0937 e. The van der Waals surface area contributed by atoms with Crippen molar-refractivity contribution in [3.63, 3.8) is 0 Å². The van der Waals surface area contributed by atoms with Crippen molar-refractivity contribution in [1.82, 2.24) is 0 Å². The SMILES string of the molecule is C[C@]12CCCC[C@H]1C[C@H](c1ccoc1)[C@@H]1[C@@H]2CC[C@]2(C)[C@H](O)CC[C@]12O. The molecule has 4 saturated carbocycles. The second kappa shape index (κ2) is 5.61. The van der Waals surface area contributed by atoms with Crippen LogP contribution in [0.25, 0.3) is 0 Å². The standard InChI is InChI=1S/C23H34O3/c1-21-9-4-3-5-16(21)13-17(15-8-12-26-14-15)20-18(21)6-10-22(2)19(24)7-11-23(20,22)25/h8,12,14,16-20,24-25H,3-7,9-11,13H2,1-2H3/t16-,17+,18-,19+,20+,21-,22+,23-/m0/s1. The molecule has 1 heterocycles.